The average Bonchev–Trinajstić information content (AvgIpc) is 2.90. The second kappa shape index (κ2) is 5.59. The molecule has 2 saturated heterocycles. The largest absolute Gasteiger partial charge is 0.353 e. The average molecular weight is 343 g/mol. The van der Waals surface area contributed by atoms with E-state index in [0.717, 1.165) is 30.1 Å². The van der Waals surface area contributed by atoms with E-state index in [-0.39, 0.29) is 11.1 Å². The van der Waals surface area contributed by atoms with Gasteiger partial charge in [0.2, 0.25) is 0 Å². The molecule has 2 unspecified atom stereocenters. The maximum atomic E-state index is 12.7. The number of fused-ring (bicyclic) bond motifs is 3. The molecule has 0 radical (unpaired) electrons. The molecule has 6 heteroatoms. The highest BCUT2D eigenvalue weighted by Gasteiger charge is 2.37. The van der Waals surface area contributed by atoms with Gasteiger partial charge in [-0.3, -0.25) is 14.0 Å². The minimum atomic E-state index is 0.0213. The van der Waals surface area contributed by atoms with Crippen molar-refractivity contribution in [3.63, 3.8) is 0 Å². The second-order valence-electron chi connectivity index (χ2n) is 8.96. The minimum Gasteiger partial charge on any atom is -0.353 e. The Kier molecular flexibility index (Phi) is 3.72. The van der Waals surface area contributed by atoms with Crippen molar-refractivity contribution in [2.24, 2.45) is 12.5 Å². The van der Waals surface area contributed by atoms with Gasteiger partial charge in [-0.1, -0.05) is 20.8 Å². The van der Waals surface area contributed by atoms with Crippen LogP contribution in [0.3, 0.4) is 0 Å². The maximum Gasteiger partial charge on any atom is 0.330 e. The van der Waals surface area contributed by atoms with Crippen LogP contribution in [0.4, 0.5) is 5.82 Å². The van der Waals surface area contributed by atoms with Crippen LogP contribution >= 0.6 is 0 Å². The molecular formula is C19H29N5O. The Morgan fingerprint density at radius 3 is 2.36 bits per heavy atom. The predicted octanol–water partition coefficient (Wildman–Crippen LogP) is 2.06. The Morgan fingerprint density at radius 2 is 1.76 bits per heavy atom. The van der Waals surface area contributed by atoms with Crippen LogP contribution in [0.2, 0.25) is 0 Å². The number of aryl methyl sites for hydroxylation is 1. The van der Waals surface area contributed by atoms with Crippen molar-refractivity contribution in [2.45, 2.75) is 52.2 Å². The number of rotatable bonds is 2. The van der Waals surface area contributed by atoms with E-state index in [1.54, 1.807) is 4.57 Å². The monoisotopic (exact) mass is 343 g/mol. The molecule has 2 aromatic rings. The Bertz CT molecular complexity index is 845. The number of hydrogen-bond acceptors (Lipinski definition) is 4. The standard InChI is InChI=1S/C19H29N5O/c1-19(2,3)12-24-15-8-9-16(20-17(15)22(5)18(24)25)23-10-13-6-7-14(11-23)21(13)4/h8-9,13-14H,6-7,10-12H2,1-5H3. The second-order valence-corrected chi connectivity index (χ2v) is 8.96. The van der Waals surface area contributed by atoms with Crippen LogP contribution in [0.5, 0.6) is 0 Å². The normalized spacial score (nSPS) is 24.4. The summed E-state index contributed by atoms with van der Waals surface area (Å²) >= 11 is 0. The fourth-order valence-electron chi connectivity index (χ4n) is 4.37. The Hall–Kier alpha value is -1.82. The lowest BCUT2D eigenvalue weighted by atomic mass is 9.97. The highest BCUT2D eigenvalue weighted by molar-refractivity contribution is 5.74. The van der Waals surface area contributed by atoms with Crippen LogP contribution in [-0.2, 0) is 13.6 Å². The maximum absolute atomic E-state index is 12.7. The van der Waals surface area contributed by atoms with E-state index in [1.165, 1.54) is 12.8 Å². The molecule has 25 heavy (non-hydrogen) atoms. The molecule has 4 rings (SSSR count). The lowest BCUT2D eigenvalue weighted by molar-refractivity contribution is 0.212. The highest BCUT2D eigenvalue weighted by atomic mass is 16.1. The van der Waals surface area contributed by atoms with E-state index in [4.69, 9.17) is 4.98 Å². The molecule has 0 aromatic carbocycles. The van der Waals surface area contributed by atoms with Crippen molar-refractivity contribution in [1.29, 1.82) is 0 Å². The SMILES string of the molecule is CN1C2CCC1CN(c1ccc3c(n1)n(C)c(=O)n3CC(C)(C)C)C2. The molecule has 2 bridgehead atoms. The van der Waals surface area contributed by atoms with Crippen LogP contribution in [0.1, 0.15) is 33.6 Å². The lowest BCUT2D eigenvalue weighted by Crippen LogP contribution is -2.52. The summed E-state index contributed by atoms with van der Waals surface area (Å²) < 4.78 is 3.55. The molecule has 0 amide bonds. The molecule has 0 aliphatic carbocycles. The Labute approximate surface area is 149 Å². The van der Waals surface area contributed by atoms with Gasteiger partial charge in [0.25, 0.3) is 0 Å². The molecule has 0 saturated carbocycles. The van der Waals surface area contributed by atoms with E-state index in [2.05, 4.69) is 49.8 Å². The van der Waals surface area contributed by atoms with Crippen LogP contribution in [0.15, 0.2) is 16.9 Å². The molecule has 0 N–H and O–H groups in total. The van der Waals surface area contributed by atoms with Gasteiger partial charge in [-0.15, -0.1) is 0 Å². The number of pyridine rings is 1. The fraction of sp³-hybridized carbons (Fsp3) is 0.684. The molecule has 2 aliphatic rings. The van der Waals surface area contributed by atoms with E-state index >= 15 is 0 Å². The summed E-state index contributed by atoms with van der Waals surface area (Å²) in [5.74, 6) is 1.00. The van der Waals surface area contributed by atoms with Gasteiger partial charge in [-0.25, -0.2) is 9.78 Å². The number of anilines is 1. The van der Waals surface area contributed by atoms with Crippen molar-refractivity contribution in [2.75, 3.05) is 25.0 Å². The van der Waals surface area contributed by atoms with Crippen molar-refractivity contribution in [3.05, 3.63) is 22.6 Å². The lowest BCUT2D eigenvalue weighted by Gasteiger charge is -2.39. The molecule has 2 atom stereocenters. The first-order chi connectivity index (χ1) is 11.7. The molecule has 2 fully saturated rings. The third-order valence-electron chi connectivity index (χ3n) is 5.77. The van der Waals surface area contributed by atoms with E-state index in [1.807, 2.05) is 11.6 Å². The summed E-state index contributed by atoms with van der Waals surface area (Å²) in [6.45, 7) is 9.22. The van der Waals surface area contributed by atoms with Gasteiger partial charge in [-0.2, -0.15) is 0 Å². The van der Waals surface area contributed by atoms with Gasteiger partial charge in [0, 0.05) is 38.8 Å². The van der Waals surface area contributed by atoms with Crippen LogP contribution < -0.4 is 10.6 Å². The summed E-state index contributed by atoms with van der Waals surface area (Å²) in [7, 11) is 4.07. The number of nitrogens with zero attached hydrogens (tertiary/aromatic N) is 5. The van der Waals surface area contributed by atoms with Crippen LogP contribution in [-0.4, -0.2) is 51.2 Å². The van der Waals surface area contributed by atoms with E-state index < -0.39 is 0 Å². The third-order valence-corrected chi connectivity index (χ3v) is 5.77. The van der Waals surface area contributed by atoms with E-state index in [0.29, 0.717) is 18.6 Å². The molecule has 136 valence electrons. The molecule has 6 nitrogen and oxygen atoms in total. The third kappa shape index (κ3) is 2.76. The summed E-state index contributed by atoms with van der Waals surface area (Å²) in [5.41, 5.74) is 1.79. The van der Waals surface area contributed by atoms with Crippen molar-refractivity contribution < 1.29 is 0 Å². The Balaban J connectivity index is 1.72. The first-order valence-corrected chi connectivity index (χ1v) is 9.28. The molecule has 2 aromatic heterocycles. The zero-order valence-electron chi connectivity index (χ0n) is 16.0. The zero-order chi connectivity index (χ0) is 17.9. The molecule has 2 aliphatic heterocycles. The molecular weight excluding hydrogens is 314 g/mol. The zero-order valence-corrected chi connectivity index (χ0v) is 16.0. The van der Waals surface area contributed by atoms with Crippen LogP contribution in [0.25, 0.3) is 11.2 Å². The fourth-order valence-corrected chi connectivity index (χ4v) is 4.37. The van der Waals surface area contributed by atoms with Gasteiger partial charge in [-0.05, 0) is 37.4 Å². The van der Waals surface area contributed by atoms with Gasteiger partial charge in [0.05, 0.1) is 5.52 Å². The predicted molar refractivity (Wildman–Crippen MR) is 101 cm³/mol. The Morgan fingerprint density at radius 1 is 1.12 bits per heavy atom. The molecule has 0 spiro atoms. The van der Waals surface area contributed by atoms with Crippen molar-refractivity contribution in [3.8, 4) is 0 Å². The summed E-state index contributed by atoms with van der Waals surface area (Å²) in [6, 6.07) is 5.42. The number of likely N-dealkylation sites (N-methyl/N-ethyl adjacent to an activating group) is 1. The van der Waals surface area contributed by atoms with E-state index in [9.17, 15) is 4.79 Å². The minimum absolute atomic E-state index is 0.0213. The van der Waals surface area contributed by atoms with Crippen LogP contribution in [0, 0.1) is 5.41 Å². The quantitative estimate of drug-likeness (QED) is 0.837. The van der Waals surface area contributed by atoms with Crippen molar-refractivity contribution in [1.82, 2.24) is 19.0 Å². The van der Waals surface area contributed by atoms with Gasteiger partial charge >= 0.3 is 5.69 Å². The van der Waals surface area contributed by atoms with Gasteiger partial charge < -0.3 is 4.90 Å². The number of hydrogen-bond donors (Lipinski definition) is 0. The van der Waals surface area contributed by atoms with Gasteiger partial charge in [0.15, 0.2) is 5.65 Å². The summed E-state index contributed by atoms with van der Waals surface area (Å²) in [5, 5.41) is 0. The first-order valence-electron chi connectivity index (χ1n) is 9.28. The first kappa shape index (κ1) is 16.6. The smallest absolute Gasteiger partial charge is 0.330 e. The van der Waals surface area contributed by atoms with Gasteiger partial charge in [0.1, 0.15) is 5.82 Å². The highest BCUT2D eigenvalue weighted by Crippen LogP contribution is 2.31. The molecule has 4 heterocycles. The number of piperazine rings is 1. The summed E-state index contributed by atoms with van der Waals surface area (Å²) in [6.07, 6.45) is 2.56. The topological polar surface area (TPSA) is 46.3 Å². The van der Waals surface area contributed by atoms with Crippen molar-refractivity contribution >= 4 is 17.0 Å². The number of imidazole rings is 1. The summed E-state index contributed by atoms with van der Waals surface area (Å²) in [4.78, 5) is 22.5. The number of aromatic nitrogens is 3.